The maximum absolute atomic E-state index is 10.1. The molecule has 3 nitrogen and oxygen atoms in total. The van der Waals surface area contributed by atoms with E-state index < -0.39 is 5.97 Å². The molecule has 4 N–H and O–H groups in total. The summed E-state index contributed by atoms with van der Waals surface area (Å²) in [7, 11) is 0. The average molecular weight is 196 g/mol. The molecule has 0 saturated heterocycles. The van der Waals surface area contributed by atoms with Gasteiger partial charge >= 0.3 is 5.97 Å². The number of aliphatic carboxylic acids is 1. The van der Waals surface area contributed by atoms with Crippen molar-refractivity contribution in [1.82, 2.24) is 6.15 Å². The van der Waals surface area contributed by atoms with Gasteiger partial charge in [-0.1, -0.05) is 26.8 Å². The molecule has 0 aliphatic rings. The van der Waals surface area contributed by atoms with Crippen molar-refractivity contribution in [3.63, 3.8) is 0 Å². The van der Waals surface area contributed by atoms with Crippen LogP contribution in [0.15, 0.2) is 12.2 Å². The van der Waals surface area contributed by atoms with Crippen LogP contribution >= 0.6 is 12.4 Å². The monoisotopic (exact) mass is 195 g/mol. The Hall–Kier alpha value is -0.540. The van der Waals surface area contributed by atoms with Crippen LogP contribution < -0.4 is 6.15 Å². The number of halogens is 1. The van der Waals surface area contributed by atoms with Crippen LogP contribution in [0.5, 0.6) is 0 Å². The second-order valence-corrected chi connectivity index (χ2v) is 3.01. The summed E-state index contributed by atoms with van der Waals surface area (Å²) in [6.45, 7) is 6.05. The van der Waals surface area contributed by atoms with Crippen LogP contribution in [0.3, 0.4) is 0 Å². The summed E-state index contributed by atoms with van der Waals surface area (Å²) >= 11 is 0. The minimum Gasteiger partial charge on any atom is -0.478 e. The van der Waals surface area contributed by atoms with Crippen molar-refractivity contribution in [2.24, 2.45) is 5.41 Å². The standard InChI is InChI=1S/C8H14O2.ClH.H3N/c1-4-8(2,3)6-5-7(9)10;;/h5-6H,4H2,1-3H3,(H,9,10);1H;1H3. The number of hydrogen-bond acceptors (Lipinski definition) is 2. The molecule has 12 heavy (non-hydrogen) atoms. The zero-order valence-electron chi connectivity index (χ0n) is 7.83. The van der Waals surface area contributed by atoms with Gasteiger partial charge in [0.05, 0.1) is 0 Å². The minimum absolute atomic E-state index is 0. The molecule has 0 unspecified atom stereocenters. The zero-order chi connectivity index (χ0) is 8.20. The van der Waals surface area contributed by atoms with E-state index in [4.69, 9.17) is 5.11 Å². The number of carboxylic acids is 1. The summed E-state index contributed by atoms with van der Waals surface area (Å²) < 4.78 is 0. The van der Waals surface area contributed by atoms with Crippen LogP contribution in [0.25, 0.3) is 0 Å². The zero-order valence-corrected chi connectivity index (χ0v) is 8.65. The highest BCUT2D eigenvalue weighted by atomic mass is 35.5. The van der Waals surface area contributed by atoms with Crippen LogP contribution in [0.2, 0.25) is 0 Å². The number of allylic oxidation sites excluding steroid dienone is 1. The van der Waals surface area contributed by atoms with Crippen LogP contribution in [0.4, 0.5) is 0 Å². The SMILES string of the molecule is CCC(C)(C)C=CC(=O)O.Cl.N. The van der Waals surface area contributed by atoms with Gasteiger partial charge in [0.15, 0.2) is 0 Å². The predicted molar refractivity (Wildman–Crippen MR) is 53.1 cm³/mol. The fraction of sp³-hybridized carbons (Fsp3) is 0.625. The molecule has 0 aromatic heterocycles. The highest BCUT2D eigenvalue weighted by molar-refractivity contribution is 5.85. The van der Waals surface area contributed by atoms with Gasteiger partial charge in [-0.25, -0.2) is 4.79 Å². The van der Waals surface area contributed by atoms with Gasteiger partial charge in [0.2, 0.25) is 0 Å². The predicted octanol–water partition coefficient (Wildman–Crippen LogP) is 2.65. The van der Waals surface area contributed by atoms with E-state index in [1.54, 1.807) is 6.08 Å². The molecule has 0 saturated carbocycles. The number of carbonyl (C=O) groups is 1. The van der Waals surface area contributed by atoms with Crippen molar-refractivity contribution < 1.29 is 9.90 Å². The largest absolute Gasteiger partial charge is 0.478 e. The van der Waals surface area contributed by atoms with Gasteiger partial charge in [0.1, 0.15) is 0 Å². The normalized spacial score (nSPS) is 10.2. The summed E-state index contributed by atoms with van der Waals surface area (Å²) in [6, 6.07) is 0. The number of rotatable bonds is 3. The topological polar surface area (TPSA) is 72.3 Å². The van der Waals surface area contributed by atoms with Crippen molar-refractivity contribution in [1.29, 1.82) is 0 Å². The van der Waals surface area contributed by atoms with E-state index in [2.05, 4.69) is 0 Å². The van der Waals surface area contributed by atoms with E-state index in [0.29, 0.717) is 0 Å². The van der Waals surface area contributed by atoms with E-state index >= 15 is 0 Å². The highest BCUT2D eigenvalue weighted by Crippen LogP contribution is 2.20. The molecule has 0 heterocycles. The summed E-state index contributed by atoms with van der Waals surface area (Å²) in [4.78, 5) is 10.1. The molecule has 74 valence electrons. The van der Waals surface area contributed by atoms with Crippen molar-refractivity contribution in [2.75, 3.05) is 0 Å². The third-order valence-electron chi connectivity index (χ3n) is 1.59. The molecule has 0 aliphatic carbocycles. The fourth-order valence-electron chi connectivity index (χ4n) is 0.415. The first-order chi connectivity index (χ1) is 4.48. The Balaban J connectivity index is -0.000000405. The molecule has 0 rings (SSSR count). The van der Waals surface area contributed by atoms with Crippen LogP contribution in [0, 0.1) is 5.41 Å². The Kier molecular flexibility index (Phi) is 10.4. The van der Waals surface area contributed by atoms with E-state index in [-0.39, 0.29) is 24.0 Å². The number of carboxylic acid groups (broad SMARTS) is 1. The third-order valence-corrected chi connectivity index (χ3v) is 1.59. The first-order valence-electron chi connectivity index (χ1n) is 3.40. The molecule has 0 aromatic rings. The molecule has 4 heteroatoms. The Bertz CT molecular complexity index is 155. The molecular weight excluding hydrogens is 178 g/mol. The quantitative estimate of drug-likeness (QED) is 0.680. The molecule has 0 aliphatic heterocycles. The lowest BCUT2D eigenvalue weighted by Gasteiger charge is -2.15. The lowest BCUT2D eigenvalue weighted by atomic mass is 9.90. The van der Waals surface area contributed by atoms with E-state index in [9.17, 15) is 4.79 Å². The minimum atomic E-state index is -0.874. The molecule has 0 bridgehead atoms. The van der Waals surface area contributed by atoms with Gasteiger partial charge in [-0.3, -0.25) is 0 Å². The molecular formula is C8H18ClNO2. The Morgan fingerprint density at radius 2 is 1.92 bits per heavy atom. The van der Waals surface area contributed by atoms with Crippen molar-refractivity contribution in [2.45, 2.75) is 27.2 Å². The Morgan fingerprint density at radius 3 is 2.17 bits per heavy atom. The summed E-state index contributed by atoms with van der Waals surface area (Å²) in [5.74, 6) is -0.874. The molecule has 0 radical (unpaired) electrons. The van der Waals surface area contributed by atoms with Crippen LogP contribution in [-0.4, -0.2) is 11.1 Å². The van der Waals surface area contributed by atoms with Gasteiger partial charge in [-0.15, -0.1) is 12.4 Å². The van der Waals surface area contributed by atoms with Gasteiger partial charge in [0, 0.05) is 6.08 Å². The maximum Gasteiger partial charge on any atom is 0.327 e. The van der Waals surface area contributed by atoms with E-state index in [0.717, 1.165) is 6.42 Å². The maximum atomic E-state index is 10.1. The van der Waals surface area contributed by atoms with Crippen molar-refractivity contribution in [3.8, 4) is 0 Å². The highest BCUT2D eigenvalue weighted by Gasteiger charge is 2.09. The lowest BCUT2D eigenvalue weighted by molar-refractivity contribution is -0.131. The second kappa shape index (κ2) is 7.13. The lowest BCUT2D eigenvalue weighted by Crippen LogP contribution is -2.05. The number of hydrogen-bond donors (Lipinski definition) is 2. The summed E-state index contributed by atoms with van der Waals surface area (Å²) in [5, 5.41) is 8.29. The summed E-state index contributed by atoms with van der Waals surface area (Å²) in [5.41, 5.74) is 0.0123. The molecule has 0 fully saturated rings. The molecule has 0 spiro atoms. The van der Waals surface area contributed by atoms with Gasteiger partial charge in [-0.2, -0.15) is 0 Å². The third kappa shape index (κ3) is 9.46. The second-order valence-electron chi connectivity index (χ2n) is 3.01. The van der Waals surface area contributed by atoms with E-state index in [1.807, 2.05) is 20.8 Å². The van der Waals surface area contributed by atoms with Crippen LogP contribution in [0.1, 0.15) is 27.2 Å². The molecule has 0 atom stereocenters. The van der Waals surface area contributed by atoms with Crippen molar-refractivity contribution in [3.05, 3.63) is 12.2 Å². The van der Waals surface area contributed by atoms with Gasteiger partial charge in [0.25, 0.3) is 0 Å². The fourth-order valence-corrected chi connectivity index (χ4v) is 0.415. The summed E-state index contributed by atoms with van der Waals surface area (Å²) in [6.07, 6.45) is 3.87. The van der Waals surface area contributed by atoms with Gasteiger partial charge in [-0.05, 0) is 11.8 Å². The Labute approximate surface area is 79.8 Å². The van der Waals surface area contributed by atoms with E-state index in [1.165, 1.54) is 6.08 Å². The van der Waals surface area contributed by atoms with Gasteiger partial charge < -0.3 is 11.3 Å². The van der Waals surface area contributed by atoms with Crippen LogP contribution in [-0.2, 0) is 4.79 Å². The molecule has 0 amide bonds. The first kappa shape index (κ1) is 17.5. The average Bonchev–Trinajstić information content (AvgIpc) is 1.85. The Morgan fingerprint density at radius 1 is 1.50 bits per heavy atom. The first-order valence-corrected chi connectivity index (χ1v) is 3.40. The molecule has 0 aromatic carbocycles. The smallest absolute Gasteiger partial charge is 0.327 e. The van der Waals surface area contributed by atoms with Crippen molar-refractivity contribution >= 4 is 18.4 Å².